The van der Waals surface area contributed by atoms with Crippen LogP contribution in [0, 0.1) is 0 Å². The first kappa shape index (κ1) is 20.5. The Morgan fingerprint density at radius 2 is 1.62 bits per heavy atom. The molecule has 0 unspecified atom stereocenters. The Labute approximate surface area is 169 Å². The normalized spacial score (nSPS) is 12.5. The molecule has 0 spiro atoms. The predicted octanol–water partition coefficient (Wildman–Crippen LogP) is 3.39. The Morgan fingerprint density at radius 1 is 0.931 bits per heavy atom. The summed E-state index contributed by atoms with van der Waals surface area (Å²) >= 11 is 0. The van der Waals surface area contributed by atoms with Crippen molar-refractivity contribution in [3.63, 3.8) is 0 Å². The van der Waals surface area contributed by atoms with E-state index in [1.807, 2.05) is 12.1 Å². The van der Waals surface area contributed by atoms with E-state index in [-0.39, 0.29) is 17.9 Å². The highest BCUT2D eigenvalue weighted by Crippen LogP contribution is 2.34. The fraction of sp³-hybridized carbons (Fsp3) is 0.364. The van der Waals surface area contributed by atoms with E-state index in [0.29, 0.717) is 17.2 Å². The first-order valence-electron chi connectivity index (χ1n) is 9.44. The Morgan fingerprint density at radius 3 is 2.31 bits per heavy atom. The van der Waals surface area contributed by atoms with Crippen molar-refractivity contribution in [1.29, 1.82) is 0 Å². The second kappa shape index (κ2) is 9.32. The van der Waals surface area contributed by atoms with Crippen LogP contribution in [-0.2, 0) is 22.4 Å². The van der Waals surface area contributed by atoms with E-state index < -0.39 is 11.9 Å². The molecule has 0 bridgehead atoms. The fourth-order valence-electron chi connectivity index (χ4n) is 3.40. The van der Waals surface area contributed by atoms with Gasteiger partial charge in [-0.3, -0.25) is 4.79 Å². The van der Waals surface area contributed by atoms with E-state index >= 15 is 0 Å². The largest absolute Gasteiger partial charge is 0.493 e. The number of amides is 1. The molecule has 0 saturated heterocycles. The van der Waals surface area contributed by atoms with Crippen molar-refractivity contribution >= 4 is 17.6 Å². The van der Waals surface area contributed by atoms with Gasteiger partial charge >= 0.3 is 5.97 Å². The smallest absolute Gasteiger partial charge is 0.340 e. The molecule has 0 saturated carbocycles. The van der Waals surface area contributed by atoms with Gasteiger partial charge in [0.1, 0.15) is 5.75 Å². The van der Waals surface area contributed by atoms with Gasteiger partial charge in [-0.2, -0.15) is 0 Å². The van der Waals surface area contributed by atoms with Gasteiger partial charge in [0.15, 0.2) is 18.1 Å². The van der Waals surface area contributed by atoms with Crippen molar-refractivity contribution in [2.75, 3.05) is 33.3 Å². The van der Waals surface area contributed by atoms with Crippen molar-refractivity contribution < 1.29 is 28.5 Å². The lowest BCUT2D eigenvalue weighted by atomic mass is 9.92. The summed E-state index contributed by atoms with van der Waals surface area (Å²) in [6, 6.07) is 8.92. The Balaban J connectivity index is 1.72. The van der Waals surface area contributed by atoms with E-state index in [4.69, 9.17) is 18.9 Å². The molecule has 0 aliphatic heterocycles. The fourth-order valence-corrected chi connectivity index (χ4v) is 3.40. The molecule has 1 aliphatic carbocycles. The standard InChI is InChI=1S/C22H25NO6/c1-26-19-11-17(22(25)28-3)18(12-20(19)27-2)23-21(24)13-29-16-9-8-14-6-4-5-7-15(14)10-16/h8-12H,4-7,13H2,1-3H3,(H,23,24). The molecule has 1 N–H and O–H groups in total. The molecular weight excluding hydrogens is 374 g/mol. The van der Waals surface area contributed by atoms with Crippen molar-refractivity contribution in [2.24, 2.45) is 0 Å². The van der Waals surface area contributed by atoms with Crippen LogP contribution in [0.25, 0.3) is 0 Å². The molecule has 154 valence electrons. The number of hydrogen-bond donors (Lipinski definition) is 1. The maximum atomic E-state index is 12.4. The summed E-state index contributed by atoms with van der Waals surface area (Å²) in [6.45, 7) is -0.187. The number of rotatable bonds is 7. The summed E-state index contributed by atoms with van der Waals surface area (Å²) in [7, 11) is 4.20. The monoisotopic (exact) mass is 399 g/mol. The van der Waals surface area contributed by atoms with Gasteiger partial charge in [0.05, 0.1) is 32.6 Å². The number of anilines is 1. The van der Waals surface area contributed by atoms with Crippen molar-refractivity contribution in [3.8, 4) is 17.2 Å². The van der Waals surface area contributed by atoms with Gasteiger partial charge in [0.2, 0.25) is 0 Å². The van der Waals surface area contributed by atoms with E-state index in [2.05, 4.69) is 11.4 Å². The Hall–Kier alpha value is -3.22. The average Bonchev–Trinajstić information content (AvgIpc) is 2.76. The van der Waals surface area contributed by atoms with Crippen LogP contribution in [0.5, 0.6) is 17.2 Å². The molecule has 1 amide bonds. The number of methoxy groups -OCH3 is 3. The summed E-state index contributed by atoms with van der Waals surface area (Å²) in [4.78, 5) is 24.5. The molecule has 29 heavy (non-hydrogen) atoms. The van der Waals surface area contributed by atoms with Gasteiger partial charge in [0, 0.05) is 12.1 Å². The number of ether oxygens (including phenoxy) is 4. The summed E-state index contributed by atoms with van der Waals surface area (Å²) in [5.41, 5.74) is 3.05. The number of carbonyl (C=O) groups is 2. The third-order valence-electron chi connectivity index (χ3n) is 4.89. The second-order valence-corrected chi connectivity index (χ2v) is 6.72. The van der Waals surface area contributed by atoms with Crippen LogP contribution < -0.4 is 19.5 Å². The van der Waals surface area contributed by atoms with E-state index in [1.54, 1.807) is 0 Å². The summed E-state index contributed by atoms with van der Waals surface area (Å²) in [5, 5.41) is 2.68. The van der Waals surface area contributed by atoms with Gasteiger partial charge < -0.3 is 24.3 Å². The lowest BCUT2D eigenvalue weighted by Gasteiger charge is -2.17. The zero-order valence-corrected chi connectivity index (χ0v) is 16.9. The van der Waals surface area contributed by atoms with Crippen molar-refractivity contribution in [3.05, 3.63) is 47.0 Å². The number of benzene rings is 2. The Kier molecular flexibility index (Phi) is 6.59. The molecule has 2 aromatic rings. The number of hydrogen-bond acceptors (Lipinski definition) is 6. The van der Waals surface area contributed by atoms with Crippen LogP contribution in [0.4, 0.5) is 5.69 Å². The van der Waals surface area contributed by atoms with Crippen LogP contribution in [0.2, 0.25) is 0 Å². The minimum absolute atomic E-state index is 0.160. The number of nitrogens with one attached hydrogen (secondary N) is 1. The number of fused-ring (bicyclic) bond motifs is 1. The molecule has 7 heteroatoms. The minimum Gasteiger partial charge on any atom is -0.493 e. The SMILES string of the molecule is COC(=O)c1cc(OC)c(OC)cc1NC(=O)COc1ccc2c(c1)CCCC2. The highest BCUT2D eigenvalue weighted by Gasteiger charge is 2.19. The van der Waals surface area contributed by atoms with Crippen molar-refractivity contribution in [2.45, 2.75) is 25.7 Å². The second-order valence-electron chi connectivity index (χ2n) is 6.72. The predicted molar refractivity (Wildman–Crippen MR) is 108 cm³/mol. The summed E-state index contributed by atoms with van der Waals surface area (Å²) < 4.78 is 20.9. The molecule has 0 heterocycles. The molecule has 2 aromatic carbocycles. The maximum absolute atomic E-state index is 12.4. The molecule has 0 radical (unpaired) electrons. The quantitative estimate of drug-likeness (QED) is 0.719. The van der Waals surface area contributed by atoms with Gasteiger partial charge in [-0.15, -0.1) is 0 Å². The molecule has 7 nitrogen and oxygen atoms in total. The zero-order valence-electron chi connectivity index (χ0n) is 16.9. The third kappa shape index (κ3) is 4.80. The van der Waals surface area contributed by atoms with Gasteiger partial charge in [-0.05, 0) is 48.9 Å². The summed E-state index contributed by atoms with van der Waals surface area (Å²) in [5.74, 6) is 0.389. The first-order valence-corrected chi connectivity index (χ1v) is 9.44. The molecule has 1 aliphatic rings. The molecule has 0 aromatic heterocycles. The van der Waals surface area contributed by atoms with E-state index in [1.165, 1.54) is 57.4 Å². The Bertz CT molecular complexity index is 908. The van der Waals surface area contributed by atoms with E-state index in [0.717, 1.165) is 12.8 Å². The average molecular weight is 399 g/mol. The number of carbonyl (C=O) groups excluding carboxylic acids is 2. The van der Waals surface area contributed by atoms with Crippen LogP contribution in [-0.4, -0.2) is 39.8 Å². The molecule has 0 fully saturated rings. The molecular formula is C22H25NO6. The van der Waals surface area contributed by atoms with Crippen LogP contribution in [0.3, 0.4) is 0 Å². The lowest BCUT2D eigenvalue weighted by molar-refractivity contribution is -0.118. The molecule has 3 rings (SSSR count). The summed E-state index contributed by atoms with van der Waals surface area (Å²) in [6.07, 6.45) is 4.51. The lowest BCUT2D eigenvalue weighted by Crippen LogP contribution is -2.22. The highest BCUT2D eigenvalue weighted by atomic mass is 16.5. The minimum atomic E-state index is -0.600. The number of aryl methyl sites for hydroxylation is 2. The van der Waals surface area contributed by atoms with Crippen LogP contribution in [0.1, 0.15) is 34.3 Å². The first-order chi connectivity index (χ1) is 14.0. The topological polar surface area (TPSA) is 83.1 Å². The van der Waals surface area contributed by atoms with Gasteiger partial charge in [-0.25, -0.2) is 4.79 Å². The van der Waals surface area contributed by atoms with Crippen LogP contribution >= 0.6 is 0 Å². The highest BCUT2D eigenvalue weighted by molar-refractivity contribution is 6.02. The van der Waals surface area contributed by atoms with Crippen LogP contribution in [0.15, 0.2) is 30.3 Å². The maximum Gasteiger partial charge on any atom is 0.340 e. The van der Waals surface area contributed by atoms with Crippen molar-refractivity contribution in [1.82, 2.24) is 0 Å². The van der Waals surface area contributed by atoms with Gasteiger partial charge in [-0.1, -0.05) is 6.07 Å². The number of esters is 1. The zero-order chi connectivity index (χ0) is 20.8. The van der Waals surface area contributed by atoms with Gasteiger partial charge in [0.25, 0.3) is 5.91 Å². The van der Waals surface area contributed by atoms with E-state index in [9.17, 15) is 9.59 Å². The molecule has 0 atom stereocenters. The third-order valence-corrected chi connectivity index (χ3v) is 4.89.